The number of hydrogen-bond acceptors (Lipinski definition) is 4. The number of thiazole rings is 1. The van der Waals surface area contributed by atoms with E-state index in [0.29, 0.717) is 6.54 Å². The number of aromatic nitrogens is 1. The number of carbonyl (C=O) groups excluding carboxylic acids is 1. The molecule has 0 radical (unpaired) electrons. The van der Waals surface area contributed by atoms with E-state index in [1.165, 1.54) is 11.3 Å². The maximum absolute atomic E-state index is 11.7. The lowest BCUT2D eigenvalue weighted by Crippen LogP contribution is -2.45. The number of hydrogen-bond donors (Lipinski definition) is 3. The van der Waals surface area contributed by atoms with Crippen molar-refractivity contribution in [3.63, 3.8) is 0 Å². The quantitative estimate of drug-likeness (QED) is 0.742. The van der Waals surface area contributed by atoms with Gasteiger partial charge in [0.05, 0.1) is 13.0 Å². The van der Waals surface area contributed by atoms with Gasteiger partial charge in [0.1, 0.15) is 5.01 Å². The average Bonchev–Trinajstić information content (AvgIpc) is 2.71. The molecule has 3 N–H and O–H groups in total. The van der Waals surface area contributed by atoms with Crippen molar-refractivity contribution < 1.29 is 14.7 Å². The van der Waals surface area contributed by atoms with Crippen LogP contribution in [-0.4, -0.2) is 28.1 Å². The van der Waals surface area contributed by atoms with Crippen LogP contribution in [-0.2, 0) is 11.3 Å². The lowest BCUT2D eigenvalue weighted by atomic mass is 10.0. The summed E-state index contributed by atoms with van der Waals surface area (Å²) < 4.78 is 0. The second-order valence-electron chi connectivity index (χ2n) is 4.66. The highest BCUT2D eigenvalue weighted by atomic mass is 32.1. The summed E-state index contributed by atoms with van der Waals surface area (Å²) in [5, 5.41) is 16.9. The lowest BCUT2D eigenvalue weighted by Gasteiger charge is -2.20. The number of nitrogens with zero attached hydrogens (tertiary/aromatic N) is 1. The van der Waals surface area contributed by atoms with Crippen molar-refractivity contribution in [2.24, 2.45) is 5.92 Å². The van der Waals surface area contributed by atoms with Gasteiger partial charge in [0.15, 0.2) is 0 Å². The van der Waals surface area contributed by atoms with Crippen molar-refractivity contribution in [3.05, 3.63) is 16.1 Å². The molecule has 1 aromatic rings. The molecule has 106 valence electrons. The Labute approximate surface area is 116 Å². The highest BCUT2D eigenvalue weighted by Crippen LogP contribution is 2.08. The Kier molecular flexibility index (Phi) is 5.75. The molecule has 0 aliphatic rings. The summed E-state index contributed by atoms with van der Waals surface area (Å²) in [6, 6.07) is -0.747. The third-order valence-corrected chi connectivity index (χ3v) is 3.55. The van der Waals surface area contributed by atoms with Crippen LogP contribution in [0.2, 0.25) is 0 Å². The van der Waals surface area contributed by atoms with Crippen LogP contribution in [0.15, 0.2) is 5.38 Å². The minimum absolute atomic E-state index is 0.0592. The Morgan fingerprint density at radius 2 is 2.16 bits per heavy atom. The van der Waals surface area contributed by atoms with Gasteiger partial charge in [0.2, 0.25) is 0 Å². The first-order valence-corrected chi connectivity index (χ1v) is 6.93. The van der Waals surface area contributed by atoms with Crippen molar-refractivity contribution in [1.29, 1.82) is 0 Å². The Morgan fingerprint density at radius 3 is 2.63 bits per heavy atom. The molecule has 0 fully saturated rings. The summed E-state index contributed by atoms with van der Waals surface area (Å²) in [7, 11) is 0. The first kappa shape index (κ1) is 15.4. The number of urea groups is 1. The van der Waals surface area contributed by atoms with E-state index in [1.54, 1.807) is 0 Å². The number of amides is 2. The number of rotatable bonds is 6. The molecule has 1 unspecified atom stereocenters. The fourth-order valence-electron chi connectivity index (χ4n) is 1.50. The largest absolute Gasteiger partial charge is 0.481 e. The minimum Gasteiger partial charge on any atom is -0.481 e. The molecule has 1 atom stereocenters. The van der Waals surface area contributed by atoms with Crippen LogP contribution in [0.1, 0.15) is 31.0 Å². The van der Waals surface area contributed by atoms with Crippen molar-refractivity contribution in [3.8, 4) is 0 Å². The highest BCUT2D eigenvalue weighted by molar-refractivity contribution is 7.09. The topological polar surface area (TPSA) is 91.3 Å². The second-order valence-corrected chi connectivity index (χ2v) is 5.60. The summed E-state index contributed by atoms with van der Waals surface area (Å²) >= 11 is 1.48. The summed E-state index contributed by atoms with van der Waals surface area (Å²) in [5.41, 5.74) is 0.924. The molecule has 19 heavy (non-hydrogen) atoms. The molecule has 2 amide bonds. The molecule has 0 bridgehead atoms. The van der Waals surface area contributed by atoms with Gasteiger partial charge in [0, 0.05) is 17.1 Å². The molecule has 0 aliphatic carbocycles. The molecule has 7 heteroatoms. The van der Waals surface area contributed by atoms with E-state index < -0.39 is 5.97 Å². The molecule has 6 nitrogen and oxygen atoms in total. The number of nitrogens with one attached hydrogen (secondary N) is 2. The van der Waals surface area contributed by atoms with Gasteiger partial charge >= 0.3 is 12.0 Å². The normalized spacial score (nSPS) is 12.2. The van der Waals surface area contributed by atoms with Gasteiger partial charge < -0.3 is 15.7 Å². The molecular weight excluding hydrogens is 266 g/mol. The zero-order valence-corrected chi connectivity index (χ0v) is 12.1. The Hall–Kier alpha value is -1.63. The van der Waals surface area contributed by atoms with Crippen molar-refractivity contribution in [2.45, 2.75) is 39.8 Å². The third kappa shape index (κ3) is 5.69. The first-order chi connectivity index (χ1) is 8.88. The molecule has 1 rings (SSSR count). The number of aryl methyl sites for hydroxylation is 1. The van der Waals surface area contributed by atoms with E-state index in [9.17, 15) is 9.59 Å². The van der Waals surface area contributed by atoms with E-state index in [1.807, 2.05) is 26.2 Å². The molecule has 0 aromatic carbocycles. The predicted molar refractivity (Wildman–Crippen MR) is 73.1 cm³/mol. The fraction of sp³-hybridized carbons (Fsp3) is 0.583. The average molecular weight is 285 g/mol. The van der Waals surface area contributed by atoms with Crippen LogP contribution in [0.5, 0.6) is 0 Å². The fourth-order valence-corrected chi connectivity index (χ4v) is 2.21. The lowest BCUT2D eigenvalue weighted by molar-refractivity contribution is -0.137. The second kappa shape index (κ2) is 7.08. The molecule has 0 saturated carbocycles. The Bertz CT molecular complexity index is 445. The van der Waals surface area contributed by atoms with Gasteiger partial charge in [-0.3, -0.25) is 4.79 Å². The summed E-state index contributed by atoms with van der Waals surface area (Å²) in [6.07, 6.45) is -0.0819. The Balaban J connectivity index is 2.42. The number of carbonyl (C=O) groups is 2. The van der Waals surface area contributed by atoms with Crippen molar-refractivity contribution in [1.82, 2.24) is 15.6 Å². The van der Waals surface area contributed by atoms with Gasteiger partial charge in [-0.2, -0.15) is 0 Å². The van der Waals surface area contributed by atoms with Gasteiger partial charge in [-0.05, 0) is 12.8 Å². The molecule has 1 aromatic heterocycles. The maximum Gasteiger partial charge on any atom is 0.315 e. The molecule has 0 spiro atoms. The summed E-state index contributed by atoms with van der Waals surface area (Å²) in [6.45, 7) is 5.99. The van der Waals surface area contributed by atoms with Crippen LogP contribution < -0.4 is 10.6 Å². The molecule has 0 aliphatic heterocycles. The van der Waals surface area contributed by atoms with Crippen LogP contribution in [0.25, 0.3) is 0 Å². The minimum atomic E-state index is -0.922. The predicted octanol–water partition coefficient (Wildman–Crippen LogP) is 1.75. The summed E-state index contributed by atoms with van der Waals surface area (Å²) in [5.74, 6) is -0.862. The standard InChI is InChI=1S/C12H19N3O3S/c1-7(2)9(4-11(16)17)15-12(18)13-5-10-14-8(3)6-19-10/h6-7,9H,4-5H2,1-3H3,(H,16,17)(H2,13,15,18). The third-order valence-electron chi connectivity index (χ3n) is 2.58. The van der Waals surface area contributed by atoms with Gasteiger partial charge in [-0.25, -0.2) is 9.78 Å². The molecule has 1 heterocycles. The van der Waals surface area contributed by atoms with Crippen molar-refractivity contribution in [2.75, 3.05) is 0 Å². The van der Waals surface area contributed by atoms with E-state index in [2.05, 4.69) is 15.6 Å². The van der Waals surface area contributed by atoms with Gasteiger partial charge in [-0.1, -0.05) is 13.8 Å². The molecule has 0 saturated heterocycles. The zero-order chi connectivity index (χ0) is 14.4. The van der Waals surface area contributed by atoms with Crippen LogP contribution in [0.3, 0.4) is 0 Å². The Morgan fingerprint density at radius 1 is 1.47 bits per heavy atom. The number of aliphatic carboxylic acids is 1. The molecular formula is C12H19N3O3S. The van der Waals surface area contributed by atoms with E-state index >= 15 is 0 Å². The van der Waals surface area contributed by atoms with Gasteiger partial charge in [-0.15, -0.1) is 11.3 Å². The van der Waals surface area contributed by atoms with Gasteiger partial charge in [0.25, 0.3) is 0 Å². The smallest absolute Gasteiger partial charge is 0.315 e. The summed E-state index contributed by atoms with van der Waals surface area (Å²) in [4.78, 5) is 26.6. The number of carboxylic acids is 1. The van der Waals surface area contributed by atoms with E-state index in [-0.39, 0.29) is 24.4 Å². The zero-order valence-electron chi connectivity index (χ0n) is 11.3. The van der Waals surface area contributed by atoms with E-state index in [0.717, 1.165) is 10.7 Å². The SMILES string of the molecule is Cc1csc(CNC(=O)NC(CC(=O)O)C(C)C)n1. The van der Waals surface area contributed by atoms with Crippen molar-refractivity contribution >= 4 is 23.3 Å². The monoisotopic (exact) mass is 285 g/mol. The highest BCUT2D eigenvalue weighted by Gasteiger charge is 2.19. The van der Waals surface area contributed by atoms with E-state index in [4.69, 9.17) is 5.11 Å². The van der Waals surface area contributed by atoms with Crippen LogP contribution >= 0.6 is 11.3 Å². The maximum atomic E-state index is 11.7. The van der Waals surface area contributed by atoms with Crippen LogP contribution in [0.4, 0.5) is 4.79 Å². The van der Waals surface area contributed by atoms with Crippen LogP contribution in [0, 0.1) is 12.8 Å². The first-order valence-electron chi connectivity index (χ1n) is 6.05. The number of carboxylic acid groups (broad SMARTS) is 1.